The van der Waals surface area contributed by atoms with Gasteiger partial charge in [-0.25, -0.2) is 0 Å². The van der Waals surface area contributed by atoms with Crippen molar-refractivity contribution >= 4 is 34.8 Å². The van der Waals surface area contributed by atoms with Crippen LogP contribution in [0.4, 0.5) is 0 Å². The van der Waals surface area contributed by atoms with Crippen molar-refractivity contribution in [2.45, 2.75) is 36.5 Å². The van der Waals surface area contributed by atoms with E-state index in [0.29, 0.717) is 22.1 Å². The second-order valence-corrected chi connectivity index (χ2v) is 11.8. The van der Waals surface area contributed by atoms with Crippen LogP contribution in [-0.2, 0) is 11.8 Å². The summed E-state index contributed by atoms with van der Waals surface area (Å²) in [6.07, 6.45) is 9.16. The summed E-state index contributed by atoms with van der Waals surface area (Å²) in [5.41, 5.74) is 3.46. The number of aliphatic hydroxyl groups is 1. The molecule has 0 amide bonds. The van der Waals surface area contributed by atoms with Crippen molar-refractivity contribution in [1.82, 2.24) is 15.1 Å². The Morgan fingerprint density at radius 1 is 1.39 bits per heavy atom. The zero-order valence-corrected chi connectivity index (χ0v) is 21.0. The van der Waals surface area contributed by atoms with Crippen molar-refractivity contribution in [2.75, 3.05) is 13.6 Å². The second-order valence-electron chi connectivity index (χ2n) is 10.1. The molecule has 3 aromatic rings. The third-order valence-electron chi connectivity index (χ3n) is 8.45. The monoisotopic (exact) mass is 521 g/mol. The maximum atomic E-state index is 13.6. The number of phenolic OH excluding ortho intramolecular Hbond substituents is 1. The summed E-state index contributed by atoms with van der Waals surface area (Å²) in [6, 6.07) is 5.46. The van der Waals surface area contributed by atoms with Crippen LogP contribution in [0.1, 0.15) is 33.5 Å². The molecule has 2 bridgehead atoms. The summed E-state index contributed by atoms with van der Waals surface area (Å²) in [5, 5.41) is 28.9. The molecule has 5 atom stereocenters. The number of phenols is 1. The first-order valence-electron chi connectivity index (χ1n) is 12.0. The second kappa shape index (κ2) is 7.79. The van der Waals surface area contributed by atoms with E-state index in [0.717, 1.165) is 40.2 Å². The lowest BCUT2D eigenvalue weighted by Crippen LogP contribution is -2.64. The van der Waals surface area contributed by atoms with Crippen molar-refractivity contribution < 1.29 is 19.7 Å². The molecule has 3 N–H and O–H groups in total. The summed E-state index contributed by atoms with van der Waals surface area (Å²) in [6.45, 7) is 0.870. The first-order valence-corrected chi connectivity index (χ1v) is 13.2. The lowest BCUT2D eigenvalue weighted by atomic mass is 9.53. The van der Waals surface area contributed by atoms with Crippen molar-refractivity contribution in [1.29, 1.82) is 0 Å². The fourth-order valence-electron chi connectivity index (χ4n) is 6.87. The van der Waals surface area contributed by atoms with Crippen LogP contribution < -0.4 is 4.74 Å². The number of aromatic amines is 1. The van der Waals surface area contributed by atoms with E-state index in [1.165, 1.54) is 23.5 Å². The number of rotatable bonds is 4. The van der Waals surface area contributed by atoms with Gasteiger partial charge in [-0.1, -0.05) is 23.8 Å². The number of allylic oxidation sites excluding steroid dienone is 1. The minimum absolute atomic E-state index is 0.0465. The molecule has 1 aromatic carbocycles. The fraction of sp³-hybridized carbons (Fsp3) is 0.333. The van der Waals surface area contributed by atoms with E-state index in [-0.39, 0.29) is 23.5 Å². The predicted octanol–water partition coefficient (Wildman–Crippen LogP) is 4.20. The third kappa shape index (κ3) is 2.93. The normalized spacial score (nSPS) is 30.0. The number of hydrogen-bond acceptors (Lipinski definition) is 7. The molecule has 7 rings (SSSR count). The van der Waals surface area contributed by atoms with Crippen molar-refractivity contribution in [2.24, 2.45) is 5.92 Å². The molecule has 9 heteroatoms. The quantitative estimate of drug-likeness (QED) is 0.270. The average molecular weight is 522 g/mol. The molecule has 2 aliphatic carbocycles. The number of benzene rings is 1. The molecule has 1 spiro atoms. The zero-order chi connectivity index (χ0) is 24.8. The van der Waals surface area contributed by atoms with E-state index in [1.807, 2.05) is 18.2 Å². The average Bonchev–Trinajstić information content (AvgIpc) is 3.58. The molecular formula is C27H24ClN3O4S. The number of ether oxygens (including phenoxy) is 1. The number of H-pyrrole nitrogens is 1. The minimum Gasteiger partial charge on any atom is -0.504 e. The third-order valence-corrected chi connectivity index (χ3v) is 9.70. The van der Waals surface area contributed by atoms with Gasteiger partial charge in [0, 0.05) is 34.1 Å². The number of halogens is 1. The van der Waals surface area contributed by atoms with Gasteiger partial charge in [0.1, 0.15) is 12.2 Å². The number of carbonyl (C=O) groups is 1. The predicted molar refractivity (Wildman–Crippen MR) is 138 cm³/mol. The Bertz CT molecular complexity index is 1480. The van der Waals surface area contributed by atoms with E-state index < -0.39 is 17.6 Å². The largest absolute Gasteiger partial charge is 0.504 e. The van der Waals surface area contributed by atoms with Crippen LogP contribution in [0.25, 0.3) is 16.6 Å². The van der Waals surface area contributed by atoms with E-state index >= 15 is 0 Å². The van der Waals surface area contributed by atoms with Crippen LogP contribution in [0.3, 0.4) is 0 Å². The van der Waals surface area contributed by atoms with Gasteiger partial charge in [0.2, 0.25) is 0 Å². The van der Waals surface area contributed by atoms with Crippen molar-refractivity contribution in [3.63, 3.8) is 0 Å². The first-order chi connectivity index (χ1) is 17.4. The number of ketones is 1. The van der Waals surface area contributed by atoms with Gasteiger partial charge < -0.3 is 19.8 Å². The molecule has 7 nitrogen and oxygen atoms in total. The highest BCUT2D eigenvalue weighted by molar-refractivity contribution is 7.19. The molecule has 0 unspecified atom stereocenters. The number of nitrogens with one attached hydrogen (secondary N) is 1. The number of thiophene rings is 1. The Labute approximate surface area is 216 Å². The zero-order valence-electron chi connectivity index (χ0n) is 19.4. The highest BCUT2D eigenvalue weighted by Crippen LogP contribution is 2.63. The molecule has 4 heterocycles. The number of hydrogen-bond donors (Lipinski definition) is 3. The number of carbonyl (C=O) groups excluding carboxylic acids is 1. The van der Waals surface area contributed by atoms with Crippen molar-refractivity contribution in [3.05, 3.63) is 69.2 Å². The number of aliphatic hydroxyl groups excluding tert-OH is 1. The number of aromatic nitrogens is 2. The number of piperidine rings is 1. The lowest BCUT2D eigenvalue weighted by molar-refractivity contribution is -0.0453. The van der Waals surface area contributed by atoms with E-state index in [9.17, 15) is 15.0 Å². The topological polar surface area (TPSA) is 98.7 Å². The molecule has 184 valence electrons. The van der Waals surface area contributed by atoms with E-state index in [2.05, 4.69) is 28.2 Å². The smallest absolute Gasteiger partial charge is 0.186 e. The summed E-state index contributed by atoms with van der Waals surface area (Å²) in [4.78, 5) is 16.9. The SMILES string of the molecule is CN1CC[C@]23c4c5c(C(=O)/C=C/c6cn[nH]c6-c6ccc(Cl)s6)cc(O)c4O[C@H]2[C@@H](O)C=C[C@H]3[C@H]1C5. The standard InChI is InChI=1S/C27H24ClN3O4S/c1-31-9-8-27-16-3-5-19(33)26(27)35-25-20(34)11-14(15(23(25)27)10-17(16)31)18(32)4-2-13-12-29-30-24(13)21-6-7-22(28)36-21/h2-7,11-12,16-17,19,26,33-34H,8-10H2,1H3,(H,29,30)/b4-2+/t16-,17+,19-,26-,27-/m0/s1. The van der Waals surface area contributed by atoms with E-state index in [1.54, 1.807) is 12.3 Å². The number of aromatic hydroxyl groups is 1. The summed E-state index contributed by atoms with van der Waals surface area (Å²) in [7, 11) is 2.12. The molecular weight excluding hydrogens is 498 g/mol. The van der Waals surface area contributed by atoms with Crippen LogP contribution in [0, 0.1) is 5.92 Å². The molecule has 36 heavy (non-hydrogen) atoms. The first kappa shape index (κ1) is 22.3. The number of likely N-dealkylation sites (N-methyl/N-ethyl adjacent to an activating group) is 1. The number of nitrogens with zero attached hydrogens (tertiary/aromatic N) is 2. The minimum atomic E-state index is -0.757. The number of likely N-dealkylation sites (tertiary alicyclic amines) is 1. The van der Waals surface area contributed by atoms with Crippen LogP contribution >= 0.6 is 22.9 Å². The maximum Gasteiger partial charge on any atom is 0.186 e. The van der Waals surface area contributed by atoms with Gasteiger partial charge in [0.05, 0.1) is 21.1 Å². The molecule has 4 aliphatic rings. The highest BCUT2D eigenvalue weighted by atomic mass is 35.5. The van der Waals surface area contributed by atoms with Gasteiger partial charge in [-0.2, -0.15) is 5.10 Å². The van der Waals surface area contributed by atoms with Crippen molar-refractivity contribution in [3.8, 4) is 22.1 Å². The van der Waals surface area contributed by atoms with Gasteiger partial charge in [0.15, 0.2) is 17.3 Å². The summed E-state index contributed by atoms with van der Waals surface area (Å²) < 4.78 is 6.93. The van der Waals surface area contributed by atoms with Gasteiger partial charge in [-0.15, -0.1) is 11.3 Å². The van der Waals surface area contributed by atoms with Crippen LogP contribution in [0.15, 0.2) is 42.6 Å². The highest BCUT2D eigenvalue weighted by Gasteiger charge is 2.64. The van der Waals surface area contributed by atoms with Gasteiger partial charge in [-0.3, -0.25) is 9.89 Å². The fourth-order valence-corrected chi connectivity index (χ4v) is 7.93. The van der Waals surface area contributed by atoms with Gasteiger partial charge in [0.25, 0.3) is 0 Å². The molecule has 2 aliphatic heterocycles. The molecule has 1 saturated heterocycles. The Kier molecular flexibility index (Phi) is 4.83. The molecule has 0 radical (unpaired) electrons. The molecule has 0 saturated carbocycles. The molecule has 2 aromatic heterocycles. The maximum absolute atomic E-state index is 13.6. The Morgan fingerprint density at radius 2 is 2.25 bits per heavy atom. The van der Waals surface area contributed by atoms with Gasteiger partial charge >= 0.3 is 0 Å². The van der Waals surface area contributed by atoms with Crippen LogP contribution in [-0.4, -0.2) is 62.9 Å². The van der Waals surface area contributed by atoms with Gasteiger partial charge in [-0.05, 0) is 62.3 Å². The summed E-state index contributed by atoms with van der Waals surface area (Å²) >= 11 is 7.53. The summed E-state index contributed by atoms with van der Waals surface area (Å²) in [5.74, 6) is 0.350. The van der Waals surface area contributed by atoms with Crippen LogP contribution in [0.2, 0.25) is 4.34 Å². The van der Waals surface area contributed by atoms with E-state index in [4.69, 9.17) is 16.3 Å². The Morgan fingerprint density at radius 3 is 3.06 bits per heavy atom. The molecule has 1 fully saturated rings. The Balaban J connectivity index is 1.32. The lowest BCUT2D eigenvalue weighted by Gasteiger charge is -2.56. The Hall–Kier alpha value is -2.91. The van der Waals surface area contributed by atoms with Crippen LogP contribution in [0.5, 0.6) is 11.5 Å².